The Kier molecular flexibility index (Phi) is 6.38. The van der Waals surface area contributed by atoms with E-state index in [9.17, 15) is 19.7 Å². The van der Waals surface area contributed by atoms with Crippen LogP contribution in [0.15, 0.2) is 40.7 Å². The third-order valence-electron chi connectivity index (χ3n) is 7.27. The lowest BCUT2D eigenvalue weighted by Crippen LogP contribution is -2.45. The second-order valence-corrected chi connectivity index (χ2v) is 11.4. The van der Waals surface area contributed by atoms with Crippen molar-refractivity contribution < 1.29 is 24.0 Å². The number of methoxy groups -OCH3 is 2. The number of rotatable bonds is 6. The Morgan fingerprint density at radius 1 is 0.971 bits per heavy atom. The third-order valence-corrected chi connectivity index (χ3v) is 7.27. The van der Waals surface area contributed by atoms with Gasteiger partial charge in [-0.1, -0.05) is 33.8 Å². The molecule has 0 fully saturated rings. The minimum atomic E-state index is -0.629. The molecule has 0 saturated carbocycles. The van der Waals surface area contributed by atoms with Crippen LogP contribution in [0.3, 0.4) is 0 Å². The van der Waals surface area contributed by atoms with E-state index in [0.29, 0.717) is 55.5 Å². The van der Waals surface area contributed by atoms with Crippen LogP contribution in [0.1, 0.15) is 64.9 Å². The van der Waals surface area contributed by atoms with Gasteiger partial charge in [-0.3, -0.25) is 19.7 Å². The number of Topliss-reactive ketones (excluding diaryl/α,β-unsaturated/α-hetero) is 2. The Labute approximate surface area is 206 Å². The second kappa shape index (κ2) is 8.90. The Hall–Kier alpha value is -3.00. The van der Waals surface area contributed by atoms with E-state index in [2.05, 4.69) is 32.6 Å². The molecule has 1 aliphatic heterocycles. The quantitative estimate of drug-likeness (QED) is 0.418. The molecule has 0 N–H and O–H groups in total. The van der Waals surface area contributed by atoms with Crippen molar-refractivity contribution in [3.63, 3.8) is 0 Å². The summed E-state index contributed by atoms with van der Waals surface area (Å²) in [6.45, 7) is 9.31. The first kappa shape index (κ1) is 25.1. The summed E-state index contributed by atoms with van der Waals surface area (Å²) >= 11 is 0. The number of hydrogen-bond acceptors (Lipinski definition) is 7. The van der Waals surface area contributed by atoms with Crippen molar-refractivity contribution in [2.75, 3.05) is 27.4 Å². The molecule has 188 valence electrons. The zero-order valence-corrected chi connectivity index (χ0v) is 21.4. The topological polar surface area (TPSA) is 99.0 Å². The van der Waals surface area contributed by atoms with Crippen LogP contribution in [0.25, 0.3) is 0 Å². The second-order valence-electron chi connectivity index (χ2n) is 11.4. The maximum absolute atomic E-state index is 13.7. The van der Waals surface area contributed by atoms with Crippen LogP contribution in [-0.4, -0.2) is 48.8 Å². The Balaban J connectivity index is 2.00. The molecule has 0 aromatic heterocycles. The van der Waals surface area contributed by atoms with Gasteiger partial charge in [0.25, 0.3) is 0 Å². The number of ether oxygens (including phenoxy) is 2. The van der Waals surface area contributed by atoms with Crippen molar-refractivity contribution >= 4 is 17.3 Å². The van der Waals surface area contributed by atoms with E-state index < -0.39 is 10.8 Å². The normalized spacial score (nSPS) is 21.7. The molecule has 0 unspecified atom stereocenters. The van der Waals surface area contributed by atoms with Crippen molar-refractivity contribution in [2.24, 2.45) is 10.8 Å². The minimum Gasteiger partial charge on any atom is -0.490 e. The molecule has 1 aromatic carbocycles. The molecule has 4 rings (SSSR count). The first-order valence-corrected chi connectivity index (χ1v) is 12.0. The molecule has 8 nitrogen and oxygen atoms in total. The molecular formula is C27H34N2O6. The third kappa shape index (κ3) is 4.51. The van der Waals surface area contributed by atoms with Crippen LogP contribution in [0, 0.1) is 20.9 Å². The SMILES string of the molecule is COCCN1C2=C(C(=O)CC(C)(C)C2)C(c2ccc(OC)c([N+](=O)[O-])c2)C2=C1CC(C)(C)CC2=O. The number of benzene rings is 1. The fraction of sp³-hybridized carbons (Fsp3) is 0.556. The molecule has 0 saturated heterocycles. The van der Waals surface area contributed by atoms with E-state index in [1.807, 2.05) is 0 Å². The number of hydrogen-bond donors (Lipinski definition) is 0. The smallest absolute Gasteiger partial charge is 0.311 e. The Morgan fingerprint density at radius 2 is 1.51 bits per heavy atom. The van der Waals surface area contributed by atoms with Crippen LogP contribution in [0.2, 0.25) is 0 Å². The molecule has 0 bridgehead atoms. The minimum absolute atomic E-state index is 0.00804. The largest absolute Gasteiger partial charge is 0.490 e. The lowest BCUT2D eigenvalue weighted by atomic mass is 9.63. The highest BCUT2D eigenvalue weighted by molar-refractivity contribution is 6.06. The molecular weight excluding hydrogens is 448 g/mol. The molecule has 1 heterocycles. The highest BCUT2D eigenvalue weighted by atomic mass is 16.6. The predicted molar refractivity (Wildman–Crippen MR) is 131 cm³/mol. The first-order chi connectivity index (χ1) is 16.4. The molecule has 8 heteroatoms. The molecule has 0 radical (unpaired) electrons. The summed E-state index contributed by atoms with van der Waals surface area (Å²) in [7, 11) is 3.02. The van der Waals surface area contributed by atoms with E-state index in [-0.39, 0.29) is 33.8 Å². The van der Waals surface area contributed by atoms with Gasteiger partial charge in [-0.25, -0.2) is 0 Å². The van der Waals surface area contributed by atoms with Gasteiger partial charge < -0.3 is 14.4 Å². The fourth-order valence-corrected chi connectivity index (χ4v) is 5.86. The summed E-state index contributed by atoms with van der Waals surface area (Å²) in [5.41, 5.74) is 2.94. The van der Waals surface area contributed by atoms with Gasteiger partial charge in [-0.15, -0.1) is 0 Å². The number of carbonyl (C=O) groups excluding carboxylic acids is 2. The molecule has 1 aromatic rings. The van der Waals surface area contributed by atoms with Crippen LogP contribution in [0.4, 0.5) is 5.69 Å². The van der Waals surface area contributed by atoms with Crippen molar-refractivity contribution in [3.05, 3.63) is 56.4 Å². The maximum Gasteiger partial charge on any atom is 0.311 e. The summed E-state index contributed by atoms with van der Waals surface area (Å²) in [6.07, 6.45) is 2.08. The fourth-order valence-electron chi connectivity index (χ4n) is 5.86. The predicted octanol–water partition coefficient (Wildman–Crippen LogP) is 4.94. The molecule has 0 amide bonds. The van der Waals surface area contributed by atoms with Crippen molar-refractivity contribution in [2.45, 2.75) is 59.3 Å². The highest BCUT2D eigenvalue weighted by Gasteiger charge is 2.49. The Morgan fingerprint density at radius 3 is 1.97 bits per heavy atom. The van der Waals surface area contributed by atoms with Gasteiger partial charge in [-0.05, 0) is 35.3 Å². The van der Waals surface area contributed by atoms with Gasteiger partial charge in [0.1, 0.15) is 0 Å². The van der Waals surface area contributed by atoms with Crippen LogP contribution >= 0.6 is 0 Å². The summed E-state index contributed by atoms with van der Waals surface area (Å²) in [5.74, 6) is -0.500. The summed E-state index contributed by atoms with van der Waals surface area (Å²) in [4.78, 5) is 40.8. The van der Waals surface area contributed by atoms with E-state index >= 15 is 0 Å². The van der Waals surface area contributed by atoms with Crippen molar-refractivity contribution in [3.8, 4) is 5.75 Å². The van der Waals surface area contributed by atoms with Gasteiger partial charge in [0, 0.05) is 61.0 Å². The molecule has 35 heavy (non-hydrogen) atoms. The molecule has 0 atom stereocenters. The monoisotopic (exact) mass is 482 g/mol. The number of nitro benzene ring substituents is 1. The zero-order valence-electron chi connectivity index (χ0n) is 21.4. The van der Waals surface area contributed by atoms with Gasteiger partial charge in [0.2, 0.25) is 0 Å². The first-order valence-electron chi connectivity index (χ1n) is 12.0. The van der Waals surface area contributed by atoms with Crippen LogP contribution in [0.5, 0.6) is 5.75 Å². The number of nitro groups is 1. The van der Waals surface area contributed by atoms with E-state index in [1.165, 1.54) is 13.2 Å². The maximum atomic E-state index is 13.7. The lowest BCUT2D eigenvalue weighted by Gasteiger charge is -2.49. The lowest BCUT2D eigenvalue weighted by molar-refractivity contribution is -0.385. The molecule has 3 aliphatic rings. The number of allylic oxidation sites excluding steroid dienone is 4. The summed E-state index contributed by atoms with van der Waals surface area (Å²) in [6, 6.07) is 4.76. The average molecular weight is 483 g/mol. The van der Waals surface area contributed by atoms with Gasteiger partial charge in [0.15, 0.2) is 17.3 Å². The summed E-state index contributed by atoms with van der Waals surface area (Å²) < 4.78 is 10.6. The van der Waals surface area contributed by atoms with Gasteiger partial charge >= 0.3 is 5.69 Å². The highest BCUT2D eigenvalue weighted by Crippen LogP contribution is 2.54. The van der Waals surface area contributed by atoms with Crippen molar-refractivity contribution in [1.29, 1.82) is 0 Å². The van der Waals surface area contributed by atoms with Gasteiger partial charge in [-0.2, -0.15) is 0 Å². The van der Waals surface area contributed by atoms with Crippen molar-refractivity contribution in [1.82, 2.24) is 4.90 Å². The molecule has 0 spiro atoms. The number of ketones is 2. The number of nitrogens with zero attached hydrogens (tertiary/aromatic N) is 2. The van der Waals surface area contributed by atoms with Gasteiger partial charge in [0.05, 0.1) is 18.6 Å². The van der Waals surface area contributed by atoms with E-state index in [0.717, 1.165) is 11.4 Å². The average Bonchev–Trinajstić information content (AvgIpc) is 2.75. The standard InChI is InChI=1S/C27H34N2O6/c1-26(2)12-18-24(20(30)14-26)23(16-7-8-22(35-6)17(11-16)29(32)33)25-19(28(18)9-10-34-5)13-27(3,4)15-21(25)31/h7-8,11,23H,9-10,12-15H2,1-6H3. The van der Waals surface area contributed by atoms with Crippen LogP contribution in [-0.2, 0) is 14.3 Å². The van der Waals surface area contributed by atoms with E-state index in [1.54, 1.807) is 19.2 Å². The summed E-state index contributed by atoms with van der Waals surface area (Å²) in [5, 5.41) is 11.8. The van der Waals surface area contributed by atoms with Crippen LogP contribution < -0.4 is 4.74 Å². The zero-order chi connectivity index (χ0) is 25.7. The van der Waals surface area contributed by atoms with E-state index in [4.69, 9.17) is 9.47 Å². The molecule has 2 aliphatic carbocycles. The number of carbonyl (C=O) groups is 2. The Bertz CT molecular complexity index is 1110.